The Balaban J connectivity index is 1.45. The van der Waals surface area contributed by atoms with Crippen LogP contribution in [0.4, 0.5) is 5.69 Å². The van der Waals surface area contributed by atoms with Gasteiger partial charge < -0.3 is 30.1 Å². The maximum absolute atomic E-state index is 13.9. The topological polar surface area (TPSA) is 148 Å². The Hall–Kier alpha value is -4.22. The summed E-state index contributed by atoms with van der Waals surface area (Å²) in [5, 5.41) is 51.4. The summed E-state index contributed by atoms with van der Waals surface area (Å²) in [7, 11) is -1.77. The van der Waals surface area contributed by atoms with Crippen LogP contribution < -0.4 is 15.1 Å². The summed E-state index contributed by atoms with van der Waals surface area (Å²) >= 11 is 0. The lowest BCUT2D eigenvalue weighted by Gasteiger charge is -2.36. The van der Waals surface area contributed by atoms with Gasteiger partial charge in [0.25, 0.3) is 0 Å². The van der Waals surface area contributed by atoms with Gasteiger partial charge in [-0.05, 0) is 84.3 Å². The number of allylic oxidation sites excluding steroid dienone is 1. The highest BCUT2D eigenvalue weighted by Crippen LogP contribution is 2.47. The van der Waals surface area contributed by atoms with E-state index in [4.69, 9.17) is 4.74 Å². The Labute approximate surface area is 262 Å². The molecule has 1 saturated heterocycles. The van der Waals surface area contributed by atoms with Crippen LogP contribution in [0.15, 0.2) is 95.6 Å². The Morgan fingerprint density at radius 2 is 1.76 bits per heavy atom. The molecule has 0 aromatic heterocycles. The number of rotatable bonds is 12. The van der Waals surface area contributed by atoms with Crippen molar-refractivity contribution in [2.24, 2.45) is 17.8 Å². The second kappa shape index (κ2) is 14.3. The minimum absolute atomic E-state index is 0.0772. The lowest BCUT2D eigenvalue weighted by molar-refractivity contribution is -0.123. The summed E-state index contributed by atoms with van der Waals surface area (Å²) in [4.78, 5) is 28.7. The monoisotopic (exact) mass is 611 g/mol. The number of carbonyl (C=O) groups is 2. The molecular formula is C35H38BNO8. The van der Waals surface area contributed by atoms with Gasteiger partial charge in [0.05, 0.1) is 30.2 Å². The van der Waals surface area contributed by atoms with Crippen molar-refractivity contribution in [1.29, 1.82) is 0 Å². The molecule has 234 valence electrons. The quantitative estimate of drug-likeness (QED) is 0.119. The number of amides is 2. The molecule has 2 amide bonds. The van der Waals surface area contributed by atoms with Gasteiger partial charge in [-0.15, -0.1) is 0 Å². The zero-order valence-corrected chi connectivity index (χ0v) is 25.1. The number of hydrogen-bond donors (Lipinski definition) is 5. The number of benzene rings is 3. The van der Waals surface area contributed by atoms with Crippen LogP contribution in [0.1, 0.15) is 38.2 Å². The zero-order valence-electron chi connectivity index (χ0n) is 25.1. The van der Waals surface area contributed by atoms with Crippen molar-refractivity contribution in [1.82, 2.24) is 0 Å². The zero-order chi connectivity index (χ0) is 32.1. The minimum atomic E-state index is -1.77. The van der Waals surface area contributed by atoms with E-state index in [0.717, 1.165) is 22.5 Å². The van der Waals surface area contributed by atoms with E-state index in [2.05, 4.69) is 0 Å². The largest absolute Gasteiger partial charge is 0.508 e. The van der Waals surface area contributed by atoms with Crippen molar-refractivity contribution in [2.45, 2.75) is 38.7 Å². The van der Waals surface area contributed by atoms with Gasteiger partial charge in [-0.3, -0.25) is 14.5 Å². The highest BCUT2D eigenvalue weighted by molar-refractivity contribution is 6.58. The maximum atomic E-state index is 13.9. The van der Waals surface area contributed by atoms with E-state index in [-0.39, 0.29) is 29.9 Å². The van der Waals surface area contributed by atoms with Crippen LogP contribution in [0.2, 0.25) is 0 Å². The van der Waals surface area contributed by atoms with Gasteiger partial charge in [0.2, 0.25) is 11.8 Å². The van der Waals surface area contributed by atoms with E-state index < -0.39 is 49.4 Å². The third-order valence-electron chi connectivity index (χ3n) is 8.78. The van der Waals surface area contributed by atoms with Gasteiger partial charge in [-0.2, -0.15) is 0 Å². The summed E-state index contributed by atoms with van der Waals surface area (Å²) in [5.41, 5.74) is 3.57. The van der Waals surface area contributed by atoms with Crippen molar-refractivity contribution in [3.63, 3.8) is 0 Å². The van der Waals surface area contributed by atoms with E-state index in [1.165, 1.54) is 12.1 Å². The number of imide groups is 1. The van der Waals surface area contributed by atoms with Crippen LogP contribution in [0.5, 0.6) is 11.5 Å². The first-order valence-corrected chi connectivity index (χ1v) is 15.2. The van der Waals surface area contributed by atoms with Crippen LogP contribution in [-0.4, -0.2) is 63.6 Å². The predicted molar refractivity (Wildman–Crippen MR) is 172 cm³/mol. The summed E-state index contributed by atoms with van der Waals surface area (Å²) < 4.78 is 6.07. The number of anilines is 1. The maximum Gasteiger partial charge on any atom is 0.488 e. The molecule has 9 nitrogen and oxygen atoms in total. The Bertz CT molecular complexity index is 1570. The fraction of sp³-hybridized carbons (Fsp3) is 0.314. The van der Waals surface area contributed by atoms with Crippen LogP contribution >= 0.6 is 0 Å². The van der Waals surface area contributed by atoms with Crippen LogP contribution in [0.25, 0.3) is 6.08 Å². The molecule has 5 N–H and O–H groups in total. The van der Waals surface area contributed by atoms with E-state index >= 15 is 0 Å². The second-order valence-corrected chi connectivity index (χ2v) is 11.6. The molecule has 10 heteroatoms. The number of aromatic hydroxyl groups is 1. The van der Waals surface area contributed by atoms with Crippen LogP contribution in [0.3, 0.4) is 0 Å². The number of nitrogens with zero attached hydrogens (tertiary/aromatic N) is 1. The predicted octanol–water partition coefficient (Wildman–Crippen LogP) is 3.20. The number of phenols is 1. The average molecular weight is 612 g/mol. The van der Waals surface area contributed by atoms with E-state index in [0.29, 0.717) is 29.7 Å². The van der Waals surface area contributed by atoms with Crippen molar-refractivity contribution in [3.8, 4) is 11.5 Å². The smallest absolute Gasteiger partial charge is 0.488 e. The molecule has 3 aromatic carbocycles. The van der Waals surface area contributed by atoms with Crippen LogP contribution in [0, 0.1) is 17.8 Å². The number of fused-ring (bicyclic) bond motifs is 1. The lowest BCUT2D eigenvalue weighted by Crippen LogP contribution is -2.40. The number of para-hydroxylation sites is 1. The second-order valence-electron chi connectivity index (χ2n) is 11.6. The Morgan fingerprint density at radius 3 is 2.42 bits per heavy atom. The molecule has 1 aliphatic heterocycles. The molecule has 0 spiro atoms. The van der Waals surface area contributed by atoms with E-state index in [1.54, 1.807) is 24.3 Å². The van der Waals surface area contributed by atoms with Crippen molar-refractivity contribution in [2.75, 3.05) is 18.1 Å². The van der Waals surface area contributed by atoms with Gasteiger partial charge in [0, 0.05) is 5.92 Å². The SMILES string of the molecule is CC/C(=C\c1ccc(O)cc1)CC[C@@H](O)C1=C(COc2ccccc2)C[C@H]2C(=O)N(c3cccc(B(O)O)c3)C(=O)[C@H]2[C@H]1CO. The first-order valence-electron chi connectivity index (χ1n) is 15.2. The van der Waals surface area contributed by atoms with Gasteiger partial charge in [0.1, 0.15) is 18.1 Å². The summed E-state index contributed by atoms with van der Waals surface area (Å²) in [5.74, 6) is -2.63. The third kappa shape index (κ3) is 7.05. The van der Waals surface area contributed by atoms with Gasteiger partial charge in [-0.1, -0.05) is 61.0 Å². The minimum Gasteiger partial charge on any atom is -0.508 e. The molecular weight excluding hydrogens is 573 g/mol. The molecule has 0 unspecified atom stereocenters. The van der Waals surface area contributed by atoms with Gasteiger partial charge >= 0.3 is 7.12 Å². The number of ether oxygens (including phenoxy) is 1. The normalized spacial score (nSPS) is 20.8. The first kappa shape index (κ1) is 32.2. The number of aliphatic hydroxyl groups excluding tert-OH is 2. The Morgan fingerprint density at radius 1 is 1.02 bits per heavy atom. The molecule has 3 aromatic rings. The third-order valence-corrected chi connectivity index (χ3v) is 8.78. The van der Waals surface area contributed by atoms with Crippen LogP contribution in [-0.2, 0) is 9.59 Å². The van der Waals surface area contributed by atoms with E-state index in [9.17, 15) is 35.0 Å². The van der Waals surface area contributed by atoms with E-state index in [1.807, 2.05) is 55.5 Å². The molecule has 0 radical (unpaired) electrons. The molecule has 0 bridgehead atoms. The summed E-state index contributed by atoms with van der Waals surface area (Å²) in [6, 6.07) is 22.0. The molecule has 4 atom stereocenters. The molecule has 1 fully saturated rings. The number of hydrogen-bond acceptors (Lipinski definition) is 8. The summed E-state index contributed by atoms with van der Waals surface area (Å²) in [6.07, 6.45) is 2.82. The molecule has 5 rings (SSSR count). The molecule has 1 heterocycles. The van der Waals surface area contributed by atoms with Crippen molar-refractivity contribution in [3.05, 3.63) is 101 Å². The highest BCUT2D eigenvalue weighted by Gasteiger charge is 2.55. The average Bonchev–Trinajstić information content (AvgIpc) is 3.31. The molecule has 1 aliphatic carbocycles. The van der Waals surface area contributed by atoms with Crippen molar-refractivity contribution >= 4 is 36.2 Å². The molecule has 45 heavy (non-hydrogen) atoms. The first-order chi connectivity index (χ1) is 21.7. The van der Waals surface area contributed by atoms with Crippen molar-refractivity contribution < 1.29 is 39.7 Å². The number of aliphatic hydroxyl groups is 2. The summed E-state index contributed by atoms with van der Waals surface area (Å²) in [6.45, 7) is 1.66. The number of phenolic OH excluding ortho intramolecular Hbond substituents is 1. The fourth-order valence-electron chi connectivity index (χ4n) is 6.49. The van der Waals surface area contributed by atoms with Gasteiger partial charge in [0.15, 0.2) is 0 Å². The fourth-order valence-corrected chi connectivity index (χ4v) is 6.49. The Kier molecular flexibility index (Phi) is 10.2. The van der Waals surface area contributed by atoms with Gasteiger partial charge in [-0.25, -0.2) is 0 Å². The highest BCUT2D eigenvalue weighted by atomic mass is 16.5. The standard InChI is InChI=1S/C35H38BNO8/c1-2-22(17-23-11-14-27(39)15-12-23)13-16-31(40)32-24(21-45-28-9-4-3-5-10-28)18-29-33(30(32)20-38)35(42)37(34(29)41)26-8-6-7-25(19-26)36(43)44/h3-12,14-15,17,19,29-31,33,38-40,43-44H,2,13,16,18,20-21H2,1H3/b22-17+/t29-,30+,31-,33-/m1/s1. The lowest BCUT2D eigenvalue weighted by atomic mass is 9.68. The number of carbonyl (C=O) groups excluding carboxylic acids is 2. The molecule has 2 aliphatic rings. The molecule has 0 saturated carbocycles.